The predicted octanol–water partition coefficient (Wildman–Crippen LogP) is 4.22. The molecule has 0 aliphatic carbocycles. The van der Waals surface area contributed by atoms with Crippen molar-refractivity contribution in [2.75, 3.05) is 0 Å². The van der Waals surface area contributed by atoms with Gasteiger partial charge in [0.15, 0.2) is 0 Å². The van der Waals surface area contributed by atoms with E-state index in [1.54, 1.807) is 12.1 Å². The normalized spacial score (nSPS) is 11.9. The van der Waals surface area contributed by atoms with Crippen LogP contribution in [0.15, 0.2) is 60.7 Å². The molecule has 116 valence electrons. The second-order valence-electron chi connectivity index (χ2n) is 5.28. The minimum Gasteiger partial charge on any atom is -0.344 e. The van der Waals surface area contributed by atoms with Gasteiger partial charge < -0.3 is 5.32 Å². The van der Waals surface area contributed by atoms with E-state index in [9.17, 15) is 4.79 Å². The maximum Gasteiger partial charge on any atom is 0.269 e. The van der Waals surface area contributed by atoms with Crippen LogP contribution in [0.25, 0.3) is 11.3 Å². The molecular weight excluding hydrogens is 310 g/mol. The summed E-state index contributed by atoms with van der Waals surface area (Å²) in [6, 6.07) is 18.8. The van der Waals surface area contributed by atoms with Gasteiger partial charge in [-0.25, -0.2) is 0 Å². The molecular formula is C18H16ClN3O. The Morgan fingerprint density at radius 2 is 1.91 bits per heavy atom. The quantitative estimate of drug-likeness (QED) is 0.754. The van der Waals surface area contributed by atoms with Crippen molar-refractivity contribution in [1.29, 1.82) is 0 Å². The number of rotatable bonds is 4. The van der Waals surface area contributed by atoms with Crippen LogP contribution in [-0.2, 0) is 0 Å². The number of hydrogen-bond acceptors (Lipinski definition) is 2. The topological polar surface area (TPSA) is 57.8 Å². The first kappa shape index (κ1) is 15.3. The molecule has 2 N–H and O–H groups in total. The minimum absolute atomic E-state index is 0.0818. The molecule has 3 aromatic rings. The number of H-pyrrole nitrogens is 1. The van der Waals surface area contributed by atoms with E-state index in [0.29, 0.717) is 16.4 Å². The number of hydrogen-bond donors (Lipinski definition) is 2. The fraction of sp³-hybridized carbons (Fsp3) is 0.111. The average molecular weight is 326 g/mol. The molecule has 1 aromatic heterocycles. The summed E-state index contributed by atoms with van der Waals surface area (Å²) in [6.07, 6.45) is 0. The van der Waals surface area contributed by atoms with Gasteiger partial charge in [0.25, 0.3) is 5.91 Å². The van der Waals surface area contributed by atoms with E-state index in [4.69, 9.17) is 11.6 Å². The number of aromatic nitrogens is 2. The van der Waals surface area contributed by atoms with Crippen molar-refractivity contribution in [2.24, 2.45) is 0 Å². The number of aromatic amines is 1. The smallest absolute Gasteiger partial charge is 0.269 e. The zero-order valence-electron chi connectivity index (χ0n) is 12.6. The molecule has 0 fully saturated rings. The molecule has 1 amide bonds. The fourth-order valence-electron chi connectivity index (χ4n) is 2.33. The lowest BCUT2D eigenvalue weighted by atomic mass is 10.1. The van der Waals surface area contributed by atoms with Gasteiger partial charge in [-0.3, -0.25) is 9.89 Å². The Labute approximate surface area is 139 Å². The van der Waals surface area contributed by atoms with E-state index in [-0.39, 0.29) is 11.9 Å². The summed E-state index contributed by atoms with van der Waals surface area (Å²) in [5, 5.41) is 10.5. The monoisotopic (exact) mass is 325 g/mol. The van der Waals surface area contributed by atoms with Gasteiger partial charge in [0.05, 0.1) is 11.7 Å². The largest absolute Gasteiger partial charge is 0.344 e. The summed E-state index contributed by atoms with van der Waals surface area (Å²) >= 11 is 5.98. The van der Waals surface area contributed by atoms with Gasteiger partial charge in [-0.1, -0.05) is 54.1 Å². The molecule has 3 rings (SSSR count). The molecule has 0 spiro atoms. The van der Waals surface area contributed by atoms with E-state index in [0.717, 1.165) is 11.1 Å². The number of nitrogens with one attached hydrogen (secondary N) is 2. The number of carbonyl (C=O) groups excluding carboxylic acids is 1. The highest BCUT2D eigenvalue weighted by molar-refractivity contribution is 6.30. The van der Waals surface area contributed by atoms with Crippen LogP contribution in [0.5, 0.6) is 0 Å². The van der Waals surface area contributed by atoms with E-state index >= 15 is 0 Å². The number of halogens is 1. The summed E-state index contributed by atoms with van der Waals surface area (Å²) in [6.45, 7) is 1.95. The second kappa shape index (κ2) is 6.67. The fourth-order valence-corrected chi connectivity index (χ4v) is 2.52. The van der Waals surface area contributed by atoms with Crippen molar-refractivity contribution in [3.63, 3.8) is 0 Å². The molecule has 0 saturated carbocycles. The van der Waals surface area contributed by atoms with Crippen LogP contribution in [0.3, 0.4) is 0 Å². The first-order chi connectivity index (χ1) is 11.1. The number of benzene rings is 2. The third-order valence-electron chi connectivity index (χ3n) is 3.59. The highest BCUT2D eigenvalue weighted by atomic mass is 35.5. The Kier molecular flexibility index (Phi) is 4.44. The maximum absolute atomic E-state index is 12.3. The SMILES string of the molecule is C[C@H](NC(=O)c1cc(-c2cccc(Cl)c2)n[nH]1)c1ccccc1. The van der Waals surface area contributed by atoms with Gasteiger partial charge in [-0.2, -0.15) is 5.10 Å². The minimum atomic E-state index is -0.192. The molecule has 0 unspecified atom stereocenters. The van der Waals surface area contributed by atoms with Crippen LogP contribution in [0.2, 0.25) is 5.02 Å². The molecule has 0 aliphatic heterocycles. The molecule has 0 bridgehead atoms. The van der Waals surface area contributed by atoms with Crippen LogP contribution in [-0.4, -0.2) is 16.1 Å². The third-order valence-corrected chi connectivity index (χ3v) is 3.83. The molecule has 4 nitrogen and oxygen atoms in total. The highest BCUT2D eigenvalue weighted by Gasteiger charge is 2.14. The first-order valence-electron chi connectivity index (χ1n) is 7.30. The van der Waals surface area contributed by atoms with Crippen LogP contribution in [0.4, 0.5) is 0 Å². The Bertz CT molecular complexity index is 814. The lowest BCUT2D eigenvalue weighted by molar-refractivity contribution is 0.0935. The Morgan fingerprint density at radius 1 is 1.13 bits per heavy atom. The molecule has 0 aliphatic rings. The van der Waals surface area contributed by atoms with Gasteiger partial charge in [0.1, 0.15) is 5.69 Å². The standard InChI is InChI=1S/C18H16ClN3O/c1-12(13-6-3-2-4-7-13)20-18(23)17-11-16(21-22-17)14-8-5-9-15(19)10-14/h2-12H,1H3,(H,20,23)(H,21,22)/t12-/m0/s1. The Hall–Kier alpha value is -2.59. The molecule has 0 radical (unpaired) electrons. The lowest BCUT2D eigenvalue weighted by Crippen LogP contribution is -2.26. The molecule has 23 heavy (non-hydrogen) atoms. The average Bonchev–Trinajstić information content (AvgIpc) is 3.06. The summed E-state index contributed by atoms with van der Waals surface area (Å²) in [5.41, 5.74) is 3.02. The zero-order chi connectivity index (χ0) is 16.2. The van der Waals surface area contributed by atoms with E-state index in [2.05, 4.69) is 15.5 Å². The molecule has 0 saturated heterocycles. The Morgan fingerprint density at radius 3 is 2.65 bits per heavy atom. The third kappa shape index (κ3) is 3.60. The van der Waals surface area contributed by atoms with Crippen LogP contribution in [0.1, 0.15) is 29.0 Å². The van der Waals surface area contributed by atoms with Gasteiger partial charge in [-0.05, 0) is 30.7 Å². The first-order valence-corrected chi connectivity index (χ1v) is 7.68. The maximum atomic E-state index is 12.3. The molecule has 5 heteroatoms. The lowest BCUT2D eigenvalue weighted by Gasteiger charge is -2.13. The van der Waals surface area contributed by atoms with Crippen molar-refractivity contribution in [2.45, 2.75) is 13.0 Å². The van der Waals surface area contributed by atoms with Crippen molar-refractivity contribution >= 4 is 17.5 Å². The van der Waals surface area contributed by atoms with Crippen LogP contribution in [0, 0.1) is 0 Å². The van der Waals surface area contributed by atoms with Crippen molar-refractivity contribution in [3.8, 4) is 11.3 Å². The highest BCUT2D eigenvalue weighted by Crippen LogP contribution is 2.21. The van der Waals surface area contributed by atoms with Crippen molar-refractivity contribution < 1.29 is 4.79 Å². The Balaban J connectivity index is 1.74. The van der Waals surface area contributed by atoms with Gasteiger partial charge in [0.2, 0.25) is 0 Å². The second-order valence-corrected chi connectivity index (χ2v) is 5.72. The van der Waals surface area contributed by atoms with Crippen molar-refractivity contribution in [3.05, 3.63) is 76.9 Å². The number of carbonyl (C=O) groups is 1. The van der Waals surface area contributed by atoms with Crippen LogP contribution < -0.4 is 5.32 Å². The van der Waals surface area contributed by atoms with Crippen LogP contribution >= 0.6 is 11.6 Å². The predicted molar refractivity (Wildman–Crippen MR) is 91.4 cm³/mol. The van der Waals surface area contributed by atoms with Gasteiger partial charge in [-0.15, -0.1) is 0 Å². The number of nitrogens with zero attached hydrogens (tertiary/aromatic N) is 1. The number of amides is 1. The summed E-state index contributed by atoms with van der Waals surface area (Å²) in [5.74, 6) is -0.192. The van der Waals surface area contributed by atoms with Gasteiger partial charge >= 0.3 is 0 Å². The molecule has 1 atom stereocenters. The van der Waals surface area contributed by atoms with E-state index < -0.39 is 0 Å². The van der Waals surface area contributed by atoms with Crippen molar-refractivity contribution in [1.82, 2.24) is 15.5 Å². The molecule has 1 heterocycles. The zero-order valence-corrected chi connectivity index (χ0v) is 13.3. The summed E-state index contributed by atoms with van der Waals surface area (Å²) in [4.78, 5) is 12.3. The van der Waals surface area contributed by atoms with E-state index in [1.807, 2.05) is 55.5 Å². The van der Waals surface area contributed by atoms with Gasteiger partial charge in [0, 0.05) is 10.6 Å². The summed E-state index contributed by atoms with van der Waals surface area (Å²) in [7, 11) is 0. The molecule has 2 aromatic carbocycles. The van der Waals surface area contributed by atoms with E-state index in [1.165, 1.54) is 0 Å². The summed E-state index contributed by atoms with van der Waals surface area (Å²) < 4.78 is 0.